The summed E-state index contributed by atoms with van der Waals surface area (Å²) in [6.45, 7) is 2.30. The number of nitrogens with one attached hydrogen (secondary N) is 1. The molecular weight excluding hydrogens is 290 g/mol. The Morgan fingerprint density at radius 3 is 2.78 bits per heavy atom. The maximum absolute atomic E-state index is 12.2. The van der Waals surface area contributed by atoms with Crippen molar-refractivity contribution in [2.75, 3.05) is 0 Å². The quantitative estimate of drug-likeness (QED) is 0.817. The monoisotopic (exact) mass is 309 g/mol. The third-order valence-corrected chi connectivity index (χ3v) is 4.40. The molecule has 18 heavy (non-hydrogen) atoms. The van der Waals surface area contributed by atoms with Crippen LogP contribution in [0.4, 0.5) is 0 Å². The predicted molar refractivity (Wildman–Crippen MR) is 77.6 cm³/mol. The van der Waals surface area contributed by atoms with Crippen molar-refractivity contribution in [3.63, 3.8) is 0 Å². The highest BCUT2D eigenvalue weighted by molar-refractivity contribution is 9.10. The summed E-state index contributed by atoms with van der Waals surface area (Å²) in [5, 5.41) is 3.17. The van der Waals surface area contributed by atoms with Gasteiger partial charge in [0.25, 0.3) is 5.91 Å². The molecule has 0 bridgehead atoms. The molecule has 0 heterocycles. The number of halogens is 1. The zero-order valence-corrected chi connectivity index (χ0v) is 12.4. The van der Waals surface area contributed by atoms with Crippen LogP contribution < -0.4 is 5.32 Å². The van der Waals surface area contributed by atoms with Crippen LogP contribution in [0.1, 0.15) is 49.4 Å². The van der Waals surface area contributed by atoms with Gasteiger partial charge in [-0.2, -0.15) is 0 Å². The Balaban J connectivity index is 1.97. The van der Waals surface area contributed by atoms with Crippen molar-refractivity contribution >= 4 is 21.8 Å². The molecule has 98 valence electrons. The van der Waals surface area contributed by atoms with Gasteiger partial charge in [0.05, 0.1) is 5.56 Å². The van der Waals surface area contributed by atoms with Gasteiger partial charge in [0.1, 0.15) is 0 Å². The van der Waals surface area contributed by atoms with Crippen molar-refractivity contribution in [1.29, 1.82) is 0 Å². The minimum Gasteiger partial charge on any atom is -0.349 e. The normalized spacial score (nSPS) is 24.3. The van der Waals surface area contributed by atoms with Crippen molar-refractivity contribution in [2.24, 2.45) is 5.92 Å². The van der Waals surface area contributed by atoms with Crippen LogP contribution in [0.15, 0.2) is 28.7 Å². The van der Waals surface area contributed by atoms with Crippen molar-refractivity contribution < 1.29 is 4.79 Å². The van der Waals surface area contributed by atoms with E-state index in [0.29, 0.717) is 6.04 Å². The average molecular weight is 310 g/mol. The van der Waals surface area contributed by atoms with Crippen molar-refractivity contribution in [2.45, 2.75) is 45.1 Å². The first-order valence-corrected chi connectivity index (χ1v) is 7.51. The lowest BCUT2D eigenvalue weighted by Crippen LogP contribution is -2.34. The highest BCUT2D eigenvalue weighted by Crippen LogP contribution is 2.23. The standard InChI is InChI=1S/C15H20BrNO/c1-11-5-4-6-12(10-9-11)17-15(18)13-7-2-3-8-14(13)16/h2-3,7-8,11-12H,4-6,9-10H2,1H3,(H,17,18). The molecule has 0 aliphatic heterocycles. The molecule has 1 fully saturated rings. The Hall–Kier alpha value is -0.830. The first-order chi connectivity index (χ1) is 8.66. The first kappa shape index (κ1) is 13.6. The van der Waals surface area contributed by atoms with Crippen molar-refractivity contribution in [3.05, 3.63) is 34.3 Å². The smallest absolute Gasteiger partial charge is 0.252 e. The predicted octanol–water partition coefficient (Wildman–Crippen LogP) is 4.15. The first-order valence-electron chi connectivity index (χ1n) is 6.72. The Kier molecular flexibility index (Phi) is 4.81. The molecule has 1 aliphatic rings. The molecule has 2 nitrogen and oxygen atoms in total. The van der Waals surface area contributed by atoms with Gasteiger partial charge < -0.3 is 5.32 Å². The van der Waals surface area contributed by atoms with Crippen LogP contribution in [0.3, 0.4) is 0 Å². The lowest BCUT2D eigenvalue weighted by molar-refractivity contribution is 0.0932. The number of benzene rings is 1. The largest absolute Gasteiger partial charge is 0.349 e. The van der Waals surface area contributed by atoms with Crippen LogP contribution >= 0.6 is 15.9 Å². The summed E-state index contributed by atoms with van der Waals surface area (Å²) in [6.07, 6.45) is 5.96. The maximum atomic E-state index is 12.2. The fourth-order valence-corrected chi connectivity index (χ4v) is 3.00. The van der Waals surface area contributed by atoms with E-state index in [1.54, 1.807) is 0 Å². The summed E-state index contributed by atoms with van der Waals surface area (Å²) in [5.41, 5.74) is 0.731. The molecule has 1 aliphatic carbocycles. The summed E-state index contributed by atoms with van der Waals surface area (Å²) in [5.74, 6) is 0.845. The molecule has 2 unspecified atom stereocenters. The molecule has 2 rings (SSSR count). The van der Waals surface area contributed by atoms with Crippen LogP contribution in [0.25, 0.3) is 0 Å². The number of carbonyl (C=O) groups is 1. The molecule has 1 N–H and O–H groups in total. The highest BCUT2D eigenvalue weighted by Gasteiger charge is 2.19. The average Bonchev–Trinajstić information content (AvgIpc) is 2.55. The number of rotatable bonds is 2. The minimum atomic E-state index is 0.0435. The van der Waals surface area contributed by atoms with E-state index in [1.807, 2.05) is 24.3 Å². The Labute approximate surface area is 117 Å². The molecule has 0 radical (unpaired) electrons. The van der Waals surface area contributed by atoms with E-state index in [4.69, 9.17) is 0 Å². The van der Waals surface area contributed by atoms with Gasteiger partial charge in [-0.15, -0.1) is 0 Å². The summed E-state index contributed by atoms with van der Waals surface area (Å²) in [4.78, 5) is 12.2. The molecule has 1 saturated carbocycles. The third-order valence-electron chi connectivity index (χ3n) is 3.71. The number of hydrogen-bond acceptors (Lipinski definition) is 1. The fourth-order valence-electron chi connectivity index (χ4n) is 2.54. The van der Waals surface area contributed by atoms with Gasteiger partial charge >= 0.3 is 0 Å². The van der Waals surface area contributed by atoms with E-state index in [9.17, 15) is 4.79 Å². The number of amides is 1. The van der Waals surface area contributed by atoms with E-state index < -0.39 is 0 Å². The third kappa shape index (κ3) is 3.58. The Bertz CT molecular complexity index is 419. The van der Waals surface area contributed by atoms with Gasteiger partial charge in [-0.25, -0.2) is 0 Å². The topological polar surface area (TPSA) is 29.1 Å². The van der Waals surface area contributed by atoms with Crippen molar-refractivity contribution in [3.8, 4) is 0 Å². The van der Waals surface area contributed by atoms with Crippen LogP contribution in [-0.4, -0.2) is 11.9 Å². The maximum Gasteiger partial charge on any atom is 0.252 e. The summed E-state index contributed by atoms with van der Waals surface area (Å²) in [6, 6.07) is 7.93. The molecule has 1 aromatic carbocycles. The zero-order valence-electron chi connectivity index (χ0n) is 10.8. The van der Waals surface area contributed by atoms with Gasteiger partial charge in [-0.1, -0.05) is 31.9 Å². The second kappa shape index (κ2) is 6.37. The number of carbonyl (C=O) groups excluding carboxylic acids is 1. The Morgan fingerprint density at radius 2 is 2.00 bits per heavy atom. The molecule has 0 saturated heterocycles. The second-order valence-electron chi connectivity index (χ2n) is 5.26. The van der Waals surface area contributed by atoms with Gasteiger partial charge in [-0.3, -0.25) is 4.79 Å². The molecular formula is C15H20BrNO. The van der Waals surface area contributed by atoms with Gasteiger partial charge in [-0.05, 0) is 53.2 Å². The van der Waals surface area contributed by atoms with Crippen LogP contribution in [0.5, 0.6) is 0 Å². The molecule has 3 heteroatoms. The van der Waals surface area contributed by atoms with E-state index >= 15 is 0 Å². The molecule has 0 aromatic heterocycles. The Morgan fingerprint density at radius 1 is 1.22 bits per heavy atom. The van der Waals surface area contributed by atoms with Gasteiger partial charge in [0, 0.05) is 10.5 Å². The summed E-state index contributed by atoms with van der Waals surface area (Å²) >= 11 is 3.43. The molecule has 0 spiro atoms. The SMILES string of the molecule is CC1CCCC(NC(=O)c2ccccc2Br)CC1. The van der Waals surface area contributed by atoms with E-state index in [2.05, 4.69) is 28.2 Å². The molecule has 1 aromatic rings. The van der Waals surface area contributed by atoms with E-state index in [-0.39, 0.29) is 5.91 Å². The van der Waals surface area contributed by atoms with Crippen LogP contribution in [-0.2, 0) is 0 Å². The van der Waals surface area contributed by atoms with Crippen LogP contribution in [0, 0.1) is 5.92 Å². The lowest BCUT2D eigenvalue weighted by Gasteiger charge is -2.17. The van der Waals surface area contributed by atoms with Crippen molar-refractivity contribution in [1.82, 2.24) is 5.32 Å². The van der Waals surface area contributed by atoms with E-state index in [1.165, 1.54) is 19.3 Å². The summed E-state index contributed by atoms with van der Waals surface area (Å²) in [7, 11) is 0. The second-order valence-corrected chi connectivity index (χ2v) is 6.12. The molecule has 2 atom stereocenters. The van der Waals surface area contributed by atoms with Gasteiger partial charge in [0.2, 0.25) is 0 Å². The van der Waals surface area contributed by atoms with Gasteiger partial charge in [0.15, 0.2) is 0 Å². The fraction of sp³-hybridized carbons (Fsp3) is 0.533. The van der Waals surface area contributed by atoms with Crippen LogP contribution in [0.2, 0.25) is 0 Å². The lowest BCUT2D eigenvalue weighted by atomic mass is 10.0. The van der Waals surface area contributed by atoms with E-state index in [0.717, 1.165) is 28.8 Å². The zero-order chi connectivity index (χ0) is 13.0. The summed E-state index contributed by atoms with van der Waals surface area (Å²) < 4.78 is 0.865. The minimum absolute atomic E-state index is 0.0435. The number of hydrogen-bond donors (Lipinski definition) is 1. The highest BCUT2D eigenvalue weighted by atomic mass is 79.9. The molecule has 1 amide bonds.